The molecule has 3 aromatic rings. The third-order valence-corrected chi connectivity index (χ3v) is 6.91. The standard InChI is InChI=1S/C26H25F3N4O3/c27-15-5-3-14(4-6-15)22-24(18-10-16(28)11-20(29)23(18)33-22)31-17-8-13(9-17)2-1-7-30-25(35)19-12-21(34)32-26(19)36/h3-6,10-11,13,17,19,31,33H,1-2,7-9,12H2,(H,30,35)(H,32,34,36). The van der Waals surface area contributed by atoms with Gasteiger partial charge in [-0.3, -0.25) is 19.7 Å². The number of halogens is 3. The lowest BCUT2D eigenvalue weighted by Crippen LogP contribution is -2.37. The second-order valence-corrected chi connectivity index (χ2v) is 9.47. The van der Waals surface area contributed by atoms with Crippen LogP contribution in [0.25, 0.3) is 22.2 Å². The number of aromatic amines is 1. The molecule has 1 aromatic heterocycles. The molecule has 1 atom stereocenters. The number of hydrogen-bond donors (Lipinski definition) is 4. The van der Waals surface area contributed by atoms with E-state index in [-0.39, 0.29) is 23.8 Å². The van der Waals surface area contributed by atoms with Crippen molar-refractivity contribution in [3.8, 4) is 11.3 Å². The van der Waals surface area contributed by atoms with Crippen LogP contribution in [-0.2, 0) is 14.4 Å². The molecule has 0 bridgehead atoms. The van der Waals surface area contributed by atoms with Crippen molar-refractivity contribution in [3.63, 3.8) is 0 Å². The smallest absolute Gasteiger partial charge is 0.239 e. The van der Waals surface area contributed by atoms with Crippen LogP contribution in [-0.4, -0.2) is 35.3 Å². The molecule has 3 amide bonds. The van der Waals surface area contributed by atoms with Gasteiger partial charge in [-0.15, -0.1) is 0 Å². The second-order valence-electron chi connectivity index (χ2n) is 9.47. The van der Waals surface area contributed by atoms with Crippen molar-refractivity contribution >= 4 is 34.3 Å². The van der Waals surface area contributed by atoms with E-state index >= 15 is 0 Å². The molecule has 0 radical (unpaired) electrons. The summed E-state index contributed by atoms with van der Waals surface area (Å²) in [4.78, 5) is 37.9. The molecule has 7 nitrogen and oxygen atoms in total. The van der Waals surface area contributed by atoms with Crippen molar-refractivity contribution in [2.75, 3.05) is 11.9 Å². The van der Waals surface area contributed by atoms with E-state index < -0.39 is 35.3 Å². The van der Waals surface area contributed by atoms with E-state index in [9.17, 15) is 27.6 Å². The Labute approximate surface area is 204 Å². The molecule has 1 aliphatic heterocycles. The molecule has 1 aliphatic carbocycles. The van der Waals surface area contributed by atoms with Crippen molar-refractivity contribution in [1.29, 1.82) is 0 Å². The Morgan fingerprint density at radius 3 is 2.47 bits per heavy atom. The highest BCUT2D eigenvalue weighted by atomic mass is 19.1. The Balaban J connectivity index is 1.18. The van der Waals surface area contributed by atoms with Crippen LogP contribution in [0.1, 0.15) is 32.1 Å². The van der Waals surface area contributed by atoms with E-state index in [1.165, 1.54) is 18.2 Å². The minimum Gasteiger partial charge on any atom is -0.380 e. The maximum atomic E-state index is 14.5. The monoisotopic (exact) mass is 498 g/mol. The van der Waals surface area contributed by atoms with Crippen molar-refractivity contribution in [1.82, 2.24) is 15.6 Å². The highest BCUT2D eigenvalue weighted by Crippen LogP contribution is 2.40. The van der Waals surface area contributed by atoms with Crippen molar-refractivity contribution in [3.05, 3.63) is 53.8 Å². The zero-order chi connectivity index (χ0) is 25.4. The maximum Gasteiger partial charge on any atom is 0.239 e. The van der Waals surface area contributed by atoms with Gasteiger partial charge in [0.1, 0.15) is 23.4 Å². The van der Waals surface area contributed by atoms with Crippen LogP contribution in [0.3, 0.4) is 0 Å². The Hall–Kier alpha value is -3.82. The van der Waals surface area contributed by atoms with E-state index in [1.54, 1.807) is 12.1 Å². The maximum absolute atomic E-state index is 14.5. The average molecular weight is 499 g/mol. The van der Waals surface area contributed by atoms with Crippen LogP contribution in [0.15, 0.2) is 36.4 Å². The Morgan fingerprint density at radius 1 is 1.03 bits per heavy atom. The van der Waals surface area contributed by atoms with Crippen LogP contribution in [0.5, 0.6) is 0 Å². The number of nitrogens with one attached hydrogen (secondary N) is 4. The molecule has 2 aliphatic rings. The fourth-order valence-corrected chi connectivity index (χ4v) is 4.99. The van der Waals surface area contributed by atoms with Crippen LogP contribution in [0, 0.1) is 29.3 Å². The summed E-state index contributed by atoms with van der Waals surface area (Å²) in [5.74, 6) is -3.72. The summed E-state index contributed by atoms with van der Waals surface area (Å²) in [6.45, 7) is 0.418. The topological polar surface area (TPSA) is 103 Å². The molecular formula is C26H25F3N4O3. The van der Waals surface area contributed by atoms with Gasteiger partial charge >= 0.3 is 0 Å². The molecule has 5 rings (SSSR count). The van der Waals surface area contributed by atoms with Gasteiger partial charge in [-0.1, -0.05) is 0 Å². The molecule has 0 spiro atoms. The van der Waals surface area contributed by atoms with E-state index in [2.05, 4.69) is 20.9 Å². The summed E-state index contributed by atoms with van der Waals surface area (Å²) in [6.07, 6.45) is 3.19. The fourth-order valence-electron chi connectivity index (χ4n) is 4.99. The number of imide groups is 1. The van der Waals surface area contributed by atoms with E-state index in [1.807, 2.05) is 0 Å². The van der Waals surface area contributed by atoms with E-state index in [0.29, 0.717) is 34.8 Å². The number of hydrogen-bond acceptors (Lipinski definition) is 4. The van der Waals surface area contributed by atoms with Gasteiger partial charge in [-0.2, -0.15) is 0 Å². The third kappa shape index (κ3) is 4.80. The molecule has 1 saturated heterocycles. The quantitative estimate of drug-likeness (QED) is 0.214. The minimum atomic E-state index is -0.948. The largest absolute Gasteiger partial charge is 0.380 e. The van der Waals surface area contributed by atoms with Gasteiger partial charge in [0.05, 0.1) is 16.9 Å². The van der Waals surface area contributed by atoms with Crippen LogP contribution >= 0.6 is 0 Å². The summed E-state index contributed by atoms with van der Waals surface area (Å²) < 4.78 is 41.9. The number of carbonyl (C=O) groups is 3. The molecule has 188 valence electrons. The van der Waals surface area contributed by atoms with Gasteiger partial charge in [0.2, 0.25) is 17.7 Å². The van der Waals surface area contributed by atoms with Gasteiger partial charge in [0.15, 0.2) is 0 Å². The van der Waals surface area contributed by atoms with Crippen LogP contribution in [0.2, 0.25) is 0 Å². The summed E-state index contributed by atoms with van der Waals surface area (Å²) in [5, 5.41) is 8.66. The van der Waals surface area contributed by atoms with Gasteiger partial charge < -0.3 is 15.6 Å². The predicted octanol–water partition coefficient (Wildman–Crippen LogP) is 4.00. The molecule has 36 heavy (non-hydrogen) atoms. The summed E-state index contributed by atoms with van der Waals surface area (Å²) >= 11 is 0. The van der Waals surface area contributed by atoms with E-state index in [0.717, 1.165) is 31.7 Å². The molecule has 2 aromatic carbocycles. The van der Waals surface area contributed by atoms with Gasteiger partial charge in [-0.05, 0) is 61.9 Å². The average Bonchev–Trinajstić information content (AvgIpc) is 3.34. The van der Waals surface area contributed by atoms with E-state index in [4.69, 9.17) is 0 Å². The van der Waals surface area contributed by atoms with Crippen molar-refractivity contribution in [2.24, 2.45) is 11.8 Å². The highest BCUT2D eigenvalue weighted by Gasteiger charge is 2.36. The number of fused-ring (bicyclic) bond motifs is 1. The normalized spacial score (nSPS) is 21.4. The Morgan fingerprint density at radius 2 is 1.78 bits per heavy atom. The van der Waals surface area contributed by atoms with Crippen molar-refractivity contribution < 1.29 is 27.6 Å². The number of benzene rings is 2. The molecule has 4 N–H and O–H groups in total. The third-order valence-electron chi connectivity index (χ3n) is 6.91. The molecule has 1 saturated carbocycles. The lowest BCUT2D eigenvalue weighted by Gasteiger charge is -2.37. The zero-order valence-electron chi connectivity index (χ0n) is 19.3. The van der Waals surface area contributed by atoms with Crippen LogP contribution < -0.4 is 16.0 Å². The lowest BCUT2D eigenvalue weighted by atomic mass is 9.77. The van der Waals surface area contributed by atoms with Gasteiger partial charge in [0.25, 0.3) is 0 Å². The highest BCUT2D eigenvalue weighted by molar-refractivity contribution is 6.13. The zero-order valence-corrected chi connectivity index (χ0v) is 19.3. The first-order valence-electron chi connectivity index (χ1n) is 11.9. The van der Waals surface area contributed by atoms with Crippen molar-refractivity contribution in [2.45, 2.75) is 38.1 Å². The minimum absolute atomic E-state index is 0.0994. The number of H-pyrrole nitrogens is 1. The SMILES string of the molecule is O=C1CC(C(=O)NCCCC2CC(Nc3c(-c4ccc(F)cc4)[nH]c4c(F)cc(F)cc34)C2)C(=O)N1. The lowest BCUT2D eigenvalue weighted by molar-refractivity contribution is -0.132. The number of aromatic nitrogens is 1. The first-order chi connectivity index (χ1) is 17.3. The number of carbonyl (C=O) groups excluding carboxylic acids is 3. The van der Waals surface area contributed by atoms with Crippen LogP contribution in [0.4, 0.5) is 18.9 Å². The molecule has 2 fully saturated rings. The first-order valence-corrected chi connectivity index (χ1v) is 11.9. The van der Waals surface area contributed by atoms with Gasteiger partial charge in [-0.25, -0.2) is 13.2 Å². The molecule has 2 heterocycles. The predicted molar refractivity (Wildman–Crippen MR) is 127 cm³/mol. The Kier molecular flexibility index (Phi) is 6.42. The molecular weight excluding hydrogens is 473 g/mol. The first kappa shape index (κ1) is 23.9. The molecule has 10 heteroatoms. The molecule has 1 unspecified atom stereocenters. The second kappa shape index (κ2) is 9.67. The fraction of sp³-hybridized carbons (Fsp3) is 0.346. The number of amides is 3. The van der Waals surface area contributed by atoms with Gasteiger partial charge in [0, 0.05) is 36.0 Å². The number of rotatable bonds is 8. The Bertz CT molecular complexity index is 1330. The number of anilines is 1. The summed E-state index contributed by atoms with van der Waals surface area (Å²) in [5.41, 5.74) is 1.98. The summed E-state index contributed by atoms with van der Waals surface area (Å²) in [7, 11) is 0. The summed E-state index contributed by atoms with van der Waals surface area (Å²) in [6, 6.07) is 8.01.